The molecule has 0 N–H and O–H groups in total. The van der Waals surface area contributed by atoms with E-state index in [0.29, 0.717) is 5.92 Å². The molecule has 0 spiro atoms. The molecule has 0 saturated carbocycles. The van der Waals surface area contributed by atoms with Crippen LogP contribution < -0.4 is 0 Å². The van der Waals surface area contributed by atoms with Crippen LogP contribution >= 0.6 is 22.6 Å². The zero-order chi connectivity index (χ0) is 14.6. The summed E-state index contributed by atoms with van der Waals surface area (Å²) in [5.74, 6) is 0.282. The Kier molecular flexibility index (Phi) is 3.06. The Balaban J connectivity index is 1.95. The van der Waals surface area contributed by atoms with Gasteiger partial charge < -0.3 is 4.74 Å². The molecule has 2 nitrogen and oxygen atoms in total. The van der Waals surface area contributed by atoms with Crippen molar-refractivity contribution < 1.29 is 9.53 Å². The number of carbonyl (C=O) groups is 1. The van der Waals surface area contributed by atoms with Gasteiger partial charge in [0.25, 0.3) is 0 Å². The van der Waals surface area contributed by atoms with Gasteiger partial charge in [0.15, 0.2) is 0 Å². The third-order valence-electron chi connectivity index (χ3n) is 4.60. The third kappa shape index (κ3) is 1.86. The molecule has 0 aromatic heterocycles. The third-order valence-corrected chi connectivity index (χ3v) is 6.02. The molecule has 2 unspecified atom stereocenters. The lowest BCUT2D eigenvalue weighted by atomic mass is 9.62. The molecule has 0 fully saturated rings. The maximum atomic E-state index is 11.5. The summed E-state index contributed by atoms with van der Waals surface area (Å²) in [6, 6.07) is 17.2. The molecule has 0 saturated heterocycles. The van der Waals surface area contributed by atoms with E-state index >= 15 is 0 Å². The molecule has 3 heteroatoms. The predicted octanol–water partition coefficient (Wildman–Crippen LogP) is 4.01. The van der Waals surface area contributed by atoms with Crippen LogP contribution in [0.4, 0.5) is 0 Å². The van der Waals surface area contributed by atoms with E-state index in [-0.39, 0.29) is 21.9 Å². The number of esters is 1. The van der Waals surface area contributed by atoms with Crippen LogP contribution in [0.25, 0.3) is 0 Å². The van der Waals surface area contributed by atoms with Crippen LogP contribution in [-0.4, -0.2) is 16.0 Å². The van der Waals surface area contributed by atoms with E-state index < -0.39 is 0 Å². The van der Waals surface area contributed by atoms with Crippen molar-refractivity contribution in [3.05, 3.63) is 70.8 Å². The number of hydrogen-bond acceptors (Lipinski definition) is 2. The van der Waals surface area contributed by atoms with Crippen LogP contribution in [0.3, 0.4) is 0 Å². The maximum absolute atomic E-state index is 11.5. The summed E-state index contributed by atoms with van der Waals surface area (Å²) in [4.78, 5) is 11.5. The molecule has 0 aliphatic heterocycles. The Bertz CT molecular complexity index is 677. The Morgan fingerprint density at radius 1 is 0.905 bits per heavy atom. The van der Waals surface area contributed by atoms with Crippen molar-refractivity contribution in [3.8, 4) is 0 Å². The van der Waals surface area contributed by atoms with Gasteiger partial charge in [0.1, 0.15) is 6.10 Å². The highest BCUT2D eigenvalue weighted by Gasteiger charge is 2.50. The number of fused-ring (bicyclic) bond motifs is 1. The lowest BCUT2D eigenvalue weighted by molar-refractivity contribution is -0.147. The van der Waals surface area contributed by atoms with E-state index in [1.165, 1.54) is 29.2 Å². The van der Waals surface area contributed by atoms with Crippen molar-refractivity contribution in [2.45, 2.75) is 28.8 Å². The molecule has 106 valence electrons. The number of alkyl halides is 1. The van der Waals surface area contributed by atoms with Gasteiger partial charge in [-0.05, 0) is 22.3 Å². The van der Waals surface area contributed by atoms with E-state index in [4.69, 9.17) is 4.74 Å². The number of benzene rings is 2. The molecule has 0 heterocycles. The first-order chi connectivity index (χ1) is 10.2. The summed E-state index contributed by atoms with van der Waals surface area (Å²) in [5, 5.41) is 0. The van der Waals surface area contributed by atoms with Crippen molar-refractivity contribution in [2.24, 2.45) is 0 Å². The van der Waals surface area contributed by atoms with Gasteiger partial charge in [-0.3, -0.25) is 4.79 Å². The Morgan fingerprint density at radius 2 is 1.33 bits per heavy atom. The molecule has 2 aromatic rings. The Hall–Kier alpha value is -1.36. The molecular weight excluding hydrogens is 375 g/mol. The maximum Gasteiger partial charge on any atom is 0.302 e. The highest BCUT2D eigenvalue weighted by Crippen LogP contribution is 2.55. The molecule has 21 heavy (non-hydrogen) atoms. The van der Waals surface area contributed by atoms with E-state index in [9.17, 15) is 4.79 Å². The first kappa shape index (κ1) is 13.3. The summed E-state index contributed by atoms with van der Waals surface area (Å²) in [7, 11) is 0. The fraction of sp³-hybridized carbons (Fsp3) is 0.278. The highest BCUT2D eigenvalue weighted by molar-refractivity contribution is 14.1. The van der Waals surface area contributed by atoms with Crippen molar-refractivity contribution in [2.75, 3.05) is 0 Å². The standard InChI is InChI=1S/C18H15IO2/c1-10(20)21-18-16-13-8-4-2-6-11(13)15(17(18)19)12-7-3-5-9-14(12)16/h2-9,15-18H,1H3. The Morgan fingerprint density at radius 3 is 1.76 bits per heavy atom. The molecule has 0 radical (unpaired) electrons. The molecule has 5 rings (SSSR count). The normalized spacial score (nSPS) is 28.7. The van der Waals surface area contributed by atoms with E-state index in [2.05, 4.69) is 71.1 Å². The second-order valence-electron chi connectivity index (χ2n) is 5.73. The second kappa shape index (κ2) is 4.83. The smallest absolute Gasteiger partial charge is 0.302 e. The zero-order valence-electron chi connectivity index (χ0n) is 11.6. The van der Waals surface area contributed by atoms with Crippen LogP contribution in [0.15, 0.2) is 48.5 Å². The SMILES string of the molecule is CC(=O)OC1C2c3ccccc3C(c3ccccc32)C1I. The molecule has 2 atom stereocenters. The van der Waals surface area contributed by atoms with E-state index in [1.54, 1.807) is 0 Å². The summed E-state index contributed by atoms with van der Waals surface area (Å²) < 4.78 is 5.98. The van der Waals surface area contributed by atoms with E-state index in [1.807, 2.05) is 0 Å². The number of carbonyl (C=O) groups excluding carboxylic acids is 1. The average molecular weight is 390 g/mol. The van der Waals surface area contributed by atoms with Gasteiger partial charge >= 0.3 is 5.97 Å². The van der Waals surface area contributed by atoms with Gasteiger partial charge in [0.2, 0.25) is 0 Å². The van der Waals surface area contributed by atoms with Crippen LogP contribution in [0, 0.1) is 0 Å². The fourth-order valence-electron chi connectivity index (χ4n) is 3.88. The van der Waals surface area contributed by atoms with Gasteiger partial charge in [-0.2, -0.15) is 0 Å². The van der Waals surface area contributed by atoms with Gasteiger partial charge in [0, 0.05) is 18.8 Å². The lowest BCUT2D eigenvalue weighted by Crippen LogP contribution is -2.46. The van der Waals surface area contributed by atoms with Crippen LogP contribution in [0.2, 0.25) is 0 Å². The van der Waals surface area contributed by atoms with Crippen LogP contribution in [-0.2, 0) is 9.53 Å². The minimum absolute atomic E-state index is 0.0714. The number of hydrogen-bond donors (Lipinski definition) is 0. The summed E-state index contributed by atoms with van der Waals surface area (Å²) in [6.07, 6.45) is -0.0714. The monoisotopic (exact) mass is 390 g/mol. The largest absolute Gasteiger partial charge is 0.460 e. The van der Waals surface area contributed by atoms with Crippen molar-refractivity contribution in [1.82, 2.24) is 0 Å². The van der Waals surface area contributed by atoms with Gasteiger partial charge in [-0.15, -0.1) is 0 Å². The molecule has 3 aliphatic carbocycles. The van der Waals surface area contributed by atoms with Crippen LogP contribution in [0.5, 0.6) is 0 Å². The molecule has 3 aliphatic rings. The molecular formula is C18H15IO2. The van der Waals surface area contributed by atoms with E-state index in [0.717, 1.165) is 0 Å². The summed E-state index contributed by atoms with van der Waals surface area (Å²) >= 11 is 2.46. The zero-order valence-corrected chi connectivity index (χ0v) is 13.8. The molecule has 2 aromatic carbocycles. The Labute approximate surface area is 137 Å². The van der Waals surface area contributed by atoms with Gasteiger partial charge in [0.05, 0.1) is 3.92 Å². The number of halogens is 1. The first-order valence-corrected chi connectivity index (χ1v) is 8.42. The van der Waals surface area contributed by atoms with Crippen molar-refractivity contribution in [1.29, 1.82) is 0 Å². The average Bonchev–Trinajstić information content (AvgIpc) is 2.49. The van der Waals surface area contributed by atoms with Crippen molar-refractivity contribution >= 4 is 28.6 Å². The topological polar surface area (TPSA) is 26.3 Å². The van der Waals surface area contributed by atoms with Crippen molar-refractivity contribution in [3.63, 3.8) is 0 Å². The minimum Gasteiger partial charge on any atom is -0.460 e. The second-order valence-corrected chi connectivity index (χ2v) is 7.17. The quantitative estimate of drug-likeness (QED) is 0.418. The summed E-state index contributed by atoms with van der Waals surface area (Å²) in [5.41, 5.74) is 5.42. The van der Waals surface area contributed by atoms with Gasteiger partial charge in [-0.1, -0.05) is 71.1 Å². The summed E-state index contributed by atoms with van der Waals surface area (Å²) in [6.45, 7) is 1.50. The van der Waals surface area contributed by atoms with Gasteiger partial charge in [-0.25, -0.2) is 0 Å². The molecule has 0 amide bonds. The number of ether oxygens (including phenoxy) is 1. The van der Waals surface area contributed by atoms with Crippen LogP contribution in [0.1, 0.15) is 41.0 Å². The predicted molar refractivity (Wildman–Crippen MR) is 89.9 cm³/mol. The highest BCUT2D eigenvalue weighted by atomic mass is 127. The molecule has 2 bridgehead atoms. The number of rotatable bonds is 1. The first-order valence-electron chi connectivity index (χ1n) is 7.17. The lowest BCUT2D eigenvalue weighted by Gasteiger charge is -2.47. The minimum atomic E-state index is -0.191. The fourth-order valence-corrected chi connectivity index (χ4v) is 5.22.